The van der Waals surface area contributed by atoms with Gasteiger partial charge in [-0.25, -0.2) is 4.98 Å². The molecule has 0 atom stereocenters. The van der Waals surface area contributed by atoms with Crippen molar-refractivity contribution < 1.29 is 9.53 Å². The van der Waals surface area contributed by atoms with E-state index in [1.165, 1.54) is 6.20 Å². The van der Waals surface area contributed by atoms with Crippen molar-refractivity contribution >= 4 is 27.7 Å². The quantitative estimate of drug-likeness (QED) is 0.568. The average molecular weight is 380 g/mol. The molecule has 0 bridgehead atoms. The summed E-state index contributed by atoms with van der Waals surface area (Å²) in [5, 5.41) is 14.7. The standard InChI is InChI=1S/C15H18BrN5O2/c16-13-1-2-14(20-11-13)19-10-12(9-17)15(22)18-3-4-21-5-7-23-8-6-21/h1-2,10-11H,3-8H2,(H,18,22)(H,19,20)/b12-10-. The number of hydrogen-bond donors (Lipinski definition) is 2. The third kappa shape index (κ3) is 5.98. The van der Waals surface area contributed by atoms with E-state index in [1.54, 1.807) is 12.3 Å². The molecule has 7 nitrogen and oxygen atoms in total. The molecule has 23 heavy (non-hydrogen) atoms. The molecule has 1 saturated heterocycles. The average Bonchev–Trinajstić information content (AvgIpc) is 2.58. The number of halogens is 1. The maximum atomic E-state index is 12.0. The van der Waals surface area contributed by atoms with Crippen LogP contribution in [0.1, 0.15) is 0 Å². The van der Waals surface area contributed by atoms with Crippen LogP contribution in [-0.2, 0) is 9.53 Å². The van der Waals surface area contributed by atoms with Crippen LogP contribution >= 0.6 is 15.9 Å². The SMILES string of the molecule is N#C/C(=C/Nc1ccc(Br)cn1)C(=O)NCCN1CCOCC1. The Balaban J connectivity index is 1.79. The molecule has 2 heterocycles. The zero-order valence-corrected chi connectivity index (χ0v) is 14.2. The Morgan fingerprint density at radius 3 is 2.91 bits per heavy atom. The summed E-state index contributed by atoms with van der Waals surface area (Å²) in [6.07, 6.45) is 2.99. The normalized spacial score (nSPS) is 15.7. The van der Waals surface area contributed by atoms with Gasteiger partial charge in [0.25, 0.3) is 5.91 Å². The van der Waals surface area contributed by atoms with Crippen LogP contribution in [0.2, 0.25) is 0 Å². The molecule has 8 heteroatoms. The maximum Gasteiger partial charge on any atom is 0.263 e. The van der Waals surface area contributed by atoms with Crippen molar-refractivity contribution in [1.29, 1.82) is 5.26 Å². The summed E-state index contributed by atoms with van der Waals surface area (Å²) in [5.74, 6) is 0.160. The number of nitrogens with zero attached hydrogens (tertiary/aromatic N) is 3. The van der Waals surface area contributed by atoms with Gasteiger partial charge in [0.05, 0.1) is 13.2 Å². The lowest BCUT2D eigenvalue weighted by Crippen LogP contribution is -2.41. The molecular formula is C15H18BrN5O2. The topological polar surface area (TPSA) is 90.3 Å². The highest BCUT2D eigenvalue weighted by Gasteiger charge is 2.12. The summed E-state index contributed by atoms with van der Waals surface area (Å²) < 4.78 is 6.12. The van der Waals surface area contributed by atoms with E-state index < -0.39 is 5.91 Å². The Bertz CT molecular complexity index is 591. The molecule has 0 aromatic carbocycles. The number of rotatable bonds is 6. The first-order chi connectivity index (χ1) is 11.2. The van der Waals surface area contributed by atoms with Gasteiger partial charge in [0.15, 0.2) is 0 Å². The van der Waals surface area contributed by atoms with Gasteiger partial charge in [0, 0.05) is 43.0 Å². The van der Waals surface area contributed by atoms with Crippen molar-refractivity contribution in [2.24, 2.45) is 0 Å². The third-order valence-electron chi connectivity index (χ3n) is 3.27. The number of ether oxygens (including phenoxy) is 1. The van der Waals surface area contributed by atoms with Crippen molar-refractivity contribution in [3.8, 4) is 6.07 Å². The van der Waals surface area contributed by atoms with Crippen molar-refractivity contribution in [3.63, 3.8) is 0 Å². The van der Waals surface area contributed by atoms with E-state index in [0.29, 0.717) is 12.4 Å². The number of morpholine rings is 1. The molecule has 0 saturated carbocycles. The highest BCUT2D eigenvalue weighted by atomic mass is 79.9. The summed E-state index contributed by atoms with van der Waals surface area (Å²) in [5.41, 5.74) is 0.0108. The second-order valence-corrected chi connectivity index (χ2v) is 5.80. The number of hydrogen-bond acceptors (Lipinski definition) is 6. The van der Waals surface area contributed by atoms with E-state index in [1.807, 2.05) is 12.1 Å². The van der Waals surface area contributed by atoms with E-state index in [9.17, 15) is 4.79 Å². The molecule has 0 radical (unpaired) electrons. The van der Waals surface area contributed by atoms with Crippen LogP contribution in [0.15, 0.2) is 34.6 Å². The minimum atomic E-state index is -0.398. The Labute approximate surface area is 143 Å². The molecule has 0 unspecified atom stereocenters. The van der Waals surface area contributed by atoms with Gasteiger partial charge in [-0.1, -0.05) is 0 Å². The fourth-order valence-corrected chi connectivity index (χ4v) is 2.24. The molecule has 0 spiro atoms. The van der Waals surface area contributed by atoms with Crippen LogP contribution in [-0.4, -0.2) is 55.2 Å². The number of carbonyl (C=O) groups excluding carboxylic acids is 1. The summed E-state index contributed by atoms with van der Waals surface area (Å²) in [7, 11) is 0. The van der Waals surface area contributed by atoms with Crippen molar-refractivity contribution in [2.45, 2.75) is 0 Å². The van der Waals surface area contributed by atoms with E-state index >= 15 is 0 Å². The van der Waals surface area contributed by atoms with Crippen LogP contribution in [0.5, 0.6) is 0 Å². The van der Waals surface area contributed by atoms with Crippen LogP contribution in [0.25, 0.3) is 0 Å². The monoisotopic (exact) mass is 379 g/mol. The number of nitrogens with one attached hydrogen (secondary N) is 2. The number of aromatic nitrogens is 1. The smallest absolute Gasteiger partial charge is 0.263 e. The lowest BCUT2D eigenvalue weighted by molar-refractivity contribution is -0.117. The maximum absolute atomic E-state index is 12.0. The van der Waals surface area contributed by atoms with Gasteiger partial charge in [0.2, 0.25) is 0 Å². The van der Waals surface area contributed by atoms with Crippen LogP contribution < -0.4 is 10.6 Å². The molecule has 1 fully saturated rings. The summed E-state index contributed by atoms with van der Waals surface area (Å²) in [6.45, 7) is 4.42. The molecule has 1 aliphatic rings. The lowest BCUT2D eigenvalue weighted by Gasteiger charge is -2.26. The van der Waals surface area contributed by atoms with Crippen LogP contribution in [0.4, 0.5) is 5.82 Å². The molecule has 1 amide bonds. The zero-order chi connectivity index (χ0) is 16.5. The first-order valence-corrected chi connectivity index (χ1v) is 8.05. The highest BCUT2D eigenvalue weighted by Crippen LogP contribution is 2.10. The Hall–Kier alpha value is -1.95. The lowest BCUT2D eigenvalue weighted by atomic mass is 10.3. The predicted octanol–water partition coefficient (Wildman–Crippen LogP) is 1.11. The van der Waals surface area contributed by atoms with Gasteiger partial charge in [0.1, 0.15) is 17.5 Å². The number of pyridine rings is 1. The second kappa shape index (κ2) is 9.25. The first kappa shape index (κ1) is 17.4. The zero-order valence-electron chi connectivity index (χ0n) is 12.6. The van der Waals surface area contributed by atoms with Gasteiger partial charge in [-0.2, -0.15) is 5.26 Å². The van der Waals surface area contributed by atoms with Gasteiger partial charge in [-0.05, 0) is 28.1 Å². The predicted molar refractivity (Wildman–Crippen MR) is 89.5 cm³/mol. The van der Waals surface area contributed by atoms with Gasteiger partial charge >= 0.3 is 0 Å². The fourth-order valence-electron chi connectivity index (χ4n) is 2.00. The van der Waals surface area contributed by atoms with Crippen molar-refractivity contribution in [1.82, 2.24) is 15.2 Å². The Kier molecular flexibility index (Phi) is 7.00. The Morgan fingerprint density at radius 1 is 1.48 bits per heavy atom. The second-order valence-electron chi connectivity index (χ2n) is 4.89. The van der Waals surface area contributed by atoms with E-state index in [-0.39, 0.29) is 5.57 Å². The number of nitriles is 1. The third-order valence-corrected chi connectivity index (χ3v) is 3.74. The van der Waals surface area contributed by atoms with E-state index in [2.05, 4.69) is 36.4 Å². The summed E-state index contributed by atoms with van der Waals surface area (Å²) in [4.78, 5) is 18.3. The van der Waals surface area contributed by atoms with Crippen molar-refractivity contribution in [3.05, 3.63) is 34.6 Å². The minimum Gasteiger partial charge on any atom is -0.379 e. The largest absolute Gasteiger partial charge is 0.379 e. The van der Waals surface area contributed by atoms with Crippen LogP contribution in [0.3, 0.4) is 0 Å². The number of anilines is 1. The highest BCUT2D eigenvalue weighted by molar-refractivity contribution is 9.10. The molecule has 1 aromatic rings. The Morgan fingerprint density at radius 2 is 2.26 bits per heavy atom. The molecule has 122 valence electrons. The number of carbonyl (C=O) groups is 1. The molecule has 1 aromatic heterocycles. The van der Waals surface area contributed by atoms with Gasteiger partial charge < -0.3 is 15.4 Å². The molecule has 2 rings (SSSR count). The van der Waals surface area contributed by atoms with Crippen LogP contribution in [0, 0.1) is 11.3 Å². The molecule has 1 aliphatic heterocycles. The summed E-state index contributed by atoms with van der Waals surface area (Å²) in [6, 6.07) is 5.45. The first-order valence-electron chi connectivity index (χ1n) is 7.25. The van der Waals surface area contributed by atoms with E-state index in [0.717, 1.165) is 37.3 Å². The van der Waals surface area contributed by atoms with Gasteiger partial charge in [-0.3, -0.25) is 9.69 Å². The van der Waals surface area contributed by atoms with E-state index in [4.69, 9.17) is 10.00 Å². The minimum absolute atomic E-state index is 0.0108. The molecule has 2 N–H and O–H groups in total. The van der Waals surface area contributed by atoms with Gasteiger partial charge in [-0.15, -0.1) is 0 Å². The molecule has 0 aliphatic carbocycles. The fraction of sp³-hybridized carbons (Fsp3) is 0.400. The summed E-state index contributed by atoms with van der Waals surface area (Å²) >= 11 is 3.29. The number of amides is 1. The van der Waals surface area contributed by atoms with Crippen molar-refractivity contribution in [2.75, 3.05) is 44.7 Å². The molecular weight excluding hydrogens is 362 g/mol.